The summed E-state index contributed by atoms with van der Waals surface area (Å²) in [4.78, 5) is 23.8. The molecule has 2 saturated carbocycles. The molecule has 26 heavy (non-hydrogen) atoms. The lowest BCUT2D eigenvalue weighted by molar-refractivity contribution is -0.152. The fourth-order valence-electron chi connectivity index (χ4n) is 4.74. The smallest absolute Gasteiger partial charge is 0.306 e. The quantitative estimate of drug-likeness (QED) is 0.509. The number of rotatable bonds is 7. The highest BCUT2D eigenvalue weighted by molar-refractivity contribution is 5.77. The molecule has 0 aromatic rings. The van der Waals surface area contributed by atoms with Crippen LogP contribution < -0.4 is 0 Å². The van der Waals surface area contributed by atoms with Crippen LogP contribution in [0.5, 0.6) is 0 Å². The Labute approximate surface area is 154 Å². The molecule has 4 aliphatic rings. The Hall–Kier alpha value is -1.14. The summed E-state index contributed by atoms with van der Waals surface area (Å²) >= 11 is 0. The van der Waals surface area contributed by atoms with Crippen molar-refractivity contribution < 1.29 is 28.5 Å². The van der Waals surface area contributed by atoms with E-state index in [0.717, 1.165) is 25.7 Å². The highest BCUT2D eigenvalue weighted by Crippen LogP contribution is 2.44. The predicted octanol–water partition coefficient (Wildman–Crippen LogP) is 2.48. The van der Waals surface area contributed by atoms with Gasteiger partial charge in [-0.3, -0.25) is 9.59 Å². The van der Waals surface area contributed by atoms with Crippen molar-refractivity contribution in [2.45, 2.75) is 76.8 Å². The maximum absolute atomic E-state index is 11.9. The minimum Gasteiger partial charge on any atom is -0.465 e. The molecule has 4 rings (SSSR count). The van der Waals surface area contributed by atoms with Crippen LogP contribution in [0, 0.1) is 23.7 Å². The molecule has 0 bridgehead atoms. The largest absolute Gasteiger partial charge is 0.465 e. The SMILES string of the molecule is CC1C(COC(=O)CCC(=O)OCC2CCC3OC3C2C)CCC2OC21. The summed E-state index contributed by atoms with van der Waals surface area (Å²) in [5.41, 5.74) is 0. The molecular formula is C20H30O6. The molecule has 6 nitrogen and oxygen atoms in total. The molecule has 0 amide bonds. The van der Waals surface area contributed by atoms with E-state index in [1.165, 1.54) is 0 Å². The second-order valence-electron chi connectivity index (χ2n) is 8.54. The normalized spacial score (nSPS) is 43.0. The second kappa shape index (κ2) is 7.47. The van der Waals surface area contributed by atoms with Crippen LogP contribution in [0.15, 0.2) is 0 Å². The first-order chi connectivity index (χ1) is 12.5. The number of carbonyl (C=O) groups is 2. The summed E-state index contributed by atoms with van der Waals surface area (Å²) < 4.78 is 21.9. The van der Waals surface area contributed by atoms with Crippen molar-refractivity contribution >= 4 is 11.9 Å². The summed E-state index contributed by atoms with van der Waals surface area (Å²) in [7, 11) is 0. The summed E-state index contributed by atoms with van der Waals surface area (Å²) in [6.07, 6.45) is 6.01. The highest BCUT2D eigenvalue weighted by Gasteiger charge is 2.50. The van der Waals surface area contributed by atoms with E-state index >= 15 is 0 Å². The van der Waals surface area contributed by atoms with Crippen LogP contribution in [-0.2, 0) is 28.5 Å². The zero-order chi connectivity index (χ0) is 18.3. The standard InChI is InChI=1S/C20H30O6/c1-11-13(3-5-15-19(11)25-15)9-23-17(21)7-8-18(22)24-10-14-4-6-16-20(26-16)12(14)2/h11-16,19-20H,3-10H2,1-2H3. The summed E-state index contributed by atoms with van der Waals surface area (Å²) in [6, 6.07) is 0. The van der Waals surface area contributed by atoms with Crippen molar-refractivity contribution in [1.29, 1.82) is 0 Å². The van der Waals surface area contributed by atoms with Gasteiger partial charge in [-0.2, -0.15) is 0 Å². The molecule has 0 aromatic carbocycles. The van der Waals surface area contributed by atoms with E-state index in [2.05, 4.69) is 13.8 Å². The van der Waals surface area contributed by atoms with E-state index in [9.17, 15) is 9.59 Å². The van der Waals surface area contributed by atoms with Crippen LogP contribution in [0.4, 0.5) is 0 Å². The third-order valence-electron chi connectivity index (χ3n) is 6.86. The summed E-state index contributed by atoms with van der Waals surface area (Å²) in [5, 5.41) is 0. The fraction of sp³-hybridized carbons (Fsp3) is 0.900. The van der Waals surface area contributed by atoms with Gasteiger partial charge in [0.2, 0.25) is 0 Å². The molecule has 0 N–H and O–H groups in total. The number of hydrogen-bond acceptors (Lipinski definition) is 6. The molecule has 2 aliphatic heterocycles. The van der Waals surface area contributed by atoms with Crippen molar-refractivity contribution in [3.8, 4) is 0 Å². The minimum atomic E-state index is -0.312. The van der Waals surface area contributed by atoms with Crippen molar-refractivity contribution in [2.75, 3.05) is 13.2 Å². The zero-order valence-corrected chi connectivity index (χ0v) is 15.7. The maximum atomic E-state index is 11.9. The molecule has 2 heterocycles. The van der Waals surface area contributed by atoms with Crippen LogP contribution in [0.3, 0.4) is 0 Å². The topological polar surface area (TPSA) is 77.7 Å². The Kier molecular flexibility index (Phi) is 5.24. The highest BCUT2D eigenvalue weighted by atomic mass is 16.6. The van der Waals surface area contributed by atoms with Gasteiger partial charge in [-0.1, -0.05) is 13.8 Å². The van der Waals surface area contributed by atoms with Gasteiger partial charge in [0.25, 0.3) is 0 Å². The van der Waals surface area contributed by atoms with Gasteiger partial charge < -0.3 is 18.9 Å². The molecule has 0 spiro atoms. The van der Waals surface area contributed by atoms with Gasteiger partial charge in [0, 0.05) is 0 Å². The first-order valence-corrected chi connectivity index (χ1v) is 10.1. The first-order valence-electron chi connectivity index (χ1n) is 10.1. The molecule has 0 radical (unpaired) electrons. The molecular weight excluding hydrogens is 336 g/mol. The monoisotopic (exact) mass is 366 g/mol. The number of hydrogen-bond donors (Lipinski definition) is 0. The number of ether oxygens (including phenoxy) is 4. The van der Waals surface area contributed by atoms with Gasteiger partial charge in [0.15, 0.2) is 0 Å². The Bertz CT molecular complexity index is 500. The lowest BCUT2D eigenvalue weighted by Gasteiger charge is -2.25. The molecule has 2 aliphatic carbocycles. The molecule has 8 atom stereocenters. The first kappa shape index (κ1) is 18.2. The van der Waals surface area contributed by atoms with Crippen molar-refractivity contribution in [3.63, 3.8) is 0 Å². The van der Waals surface area contributed by atoms with Crippen molar-refractivity contribution in [1.82, 2.24) is 0 Å². The van der Waals surface area contributed by atoms with E-state index in [1.54, 1.807) is 0 Å². The van der Waals surface area contributed by atoms with Crippen LogP contribution in [0.25, 0.3) is 0 Å². The summed E-state index contributed by atoms with van der Waals surface area (Å²) in [5.74, 6) is 1.01. The van der Waals surface area contributed by atoms with Gasteiger partial charge >= 0.3 is 11.9 Å². The van der Waals surface area contributed by atoms with Crippen molar-refractivity contribution in [2.24, 2.45) is 23.7 Å². The molecule has 0 aromatic heterocycles. The fourth-order valence-corrected chi connectivity index (χ4v) is 4.74. The van der Waals surface area contributed by atoms with Gasteiger partial charge in [0.05, 0.1) is 50.5 Å². The number of epoxide rings is 2. The average Bonchev–Trinajstić information content (AvgIpc) is 3.52. The van der Waals surface area contributed by atoms with Gasteiger partial charge in [-0.25, -0.2) is 0 Å². The summed E-state index contributed by atoms with van der Waals surface area (Å²) in [6.45, 7) is 5.20. The molecule has 6 heteroatoms. The predicted molar refractivity (Wildman–Crippen MR) is 92.3 cm³/mol. The molecule has 8 unspecified atom stereocenters. The van der Waals surface area contributed by atoms with E-state index in [-0.39, 0.29) is 24.8 Å². The minimum absolute atomic E-state index is 0.0938. The molecule has 146 valence electrons. The van der Waals surface area contributed by atoms with Crippen LogP contribution in [0.1, 0.15) is 52.4 Å². The molecule has 2 saturated heterocycles. The lowest BCUT2D eigenvalue weighted by Crippen LogP contribution is -2.29. The lowest BCUT2D eigenvalue weighted by atomic mass is 9.81. The van der Waals surface area contributed by atoms with E-state index < -0.39 is 0 Å². The maximum Gasteiger partial charge on any atom is 0.306 e. The molecule has 4 fully saturated rings. The van der Waals surface area contributed by atoms with Gasteiger partial charge in [-0.15, -0.1) is 0 Å². The number of esters is 2. The Morgan fingerprint density at radius 3 is 1.62 bits per heavy atom. The third-order valence-corrected chi connectivity index (χ3v) is 6.86. The van der Waals surface area contributed by atoms with Crippen molar-refractivity contribution in [3.05, 3.63) is 0 Å². The van der Waals surface area contributed by atoms with E-state index in [0.29, 0.717) is 61.3 Å². The van der Waals surface area contributed by atoms with Crippen LogP contribution >= 0.6 is 0 Å². The number of fused-ring (bicyclic) bond motifs is 2. The van der Waals surface area contributed by atoms with Crippen LogP contribution in [-0.4, -0.2) is 49.6 Å². The van der Waals surface area contributed by atoms with Gasteiger partial charge in [0.1, 0.15) is 0 Å². The Morgan fingerprint density at radius 2 is 1.19 bits per heavy atom. The van der Waals surface area contributed by atoms with E-state index in [1.807, 2.05) is 0 Å². The van der Waals surface area contributed by atoms with Gasteiger partial charge in [-0.05, 0) is 49.4 Å². The van der Waals surface area contributed by atoms with Crippen LogP contribution in [0.2, 0.25) is 0 Å². The Morgan fingerprint density at radius 1 is 0.769 bits per heavy atom. The zero-order valence-electron chi connectivity index (χ0n) is 15.7. The Balaban J connectivity index is 1.09. The second-order valence-corrected chi connectivity index (χ2v) is 8.54. The van der Waals surface area contributed by atoms with E-state index in [4.69, 9.17) is 18.9 Å². The number of carbonyl (C=O) groups excluding carboxylic acids is 2. The average molecular weight is 366 g/mol. The third kappa shape index (κ3) is 4.06.